The van der Waals surface area contributed by atoms with Crippen LogP contribution in [0.15, 0.2) is 35.0 Å². The molecule has 1 unspecified atom stereocenters. The summed E-state index contributed by atoms with van der Waals surface area (Å²) < 4.78 is 0. The quantitative estimate of drug-likeness (QED) is 0.731. The molecule has 5 heteroatoms. The highest BCUT2D eigenvalue weighted by Crippen LogP contribution is 2.29. The van der Waals surface area contributed by atoms with Crippen LogP contribution in [-0.2, 0) is 11.2 Å². The van der Waals surface area contributed by atoms with Gasteiger partial charge in [0, 0.05) is 23.5 Å². The van der Waals surface area contributed by atoms with Gasteiger partial charge in [0.25, 0.3) is 0 Å². The van der Waals surface area contributed by atoms with E-state index in [1.807, 2.05) is 25.4 Å². The number of nitrogens with zero attached hydrogens (tertiary/aromatic N) is 1. The second-order valence-corrected chi connectivity index (χ2v) is 6.60. The monoisotopic (exact) mass is 341 g/mol. The maximum absolute atomic E-state index is 12.3. The minimum atomic E-state index is -0.0789. The smallest absolute Gasteiger partial charge is 0.223 e. The molecule has 112 valence electrons. The molecule has 0 saturated carbocycles. The minimum Gasteiger partial charge on any atom is -0.339 e. The van der Waals surface area contributed by atoms with E-state index in [-0.39, 0.29) is 11.9 Å². The molecule has 0 aliphatic carbocycles. The molecular formula is C16H17Cl2NOS. The summed E-state index contributed by atoms with van der Waals surface area (Å²) in [6.45, 7) is 1.97. The fraction of sp³-hybridized carbons (Fsp3) is 0.312. The molecule has 1 aromatic heterocycles. The van der Waals surface area contributed by atoms with Crippen LogP contribution < -0.4 is 0 Å². The zero-order chi connectivity index (χ0) is 15.4. The first-order valence-corrected chi connectivity index (χ1v) is 8.40. The van der Waals surface area contributed by atoms with Gasteiger partial charge in [0.05, 0.1) is 6.04 Å². The normalized spacial score (nSPS) is 12.2. The Hall–Kier alpha value is -1.03. The molecule has 2 aromatic rings. The van der Waals surface area contributed by atoms with E-state index in [2.05, 4.69) is 11.4 Å². The van der Waals surface area contributed by atoms with Crippen molar-refractivity contribution in [1.29, 1.82) is 0 Å². The number of aryl methyl sites for hydroxylation is 1. The van der Waals surface area contributed by atoms with Crippen LogP contribution in [0.4, 0.5) is 0 Å². The van der Waals surface area contributed by atoms with Crippen LogP contribution >= 0.6 is 34.5 Å². The summed E-state index contributed by atoms with van der Waals surface area (Å²) in [5.41, 5.74) is 2.12. The largest absolute Gasteiger partial charge is 0.339 e. The highest BCUT2D eigenvalue weighted by atomic mass is 35.5. The van der Waals surface area contributed by atoms with Crippen LogP contribution in [0.1, 0.15) is 30.5 Å². The van der Waals surface area contributed by atoms with Gasteiger partial charge in [0.15, 0.2) is 0 Å². The number of thiophene rings is 1. The third kappa shape index (κ3) is 4.22. The van der Waals surface area contributed by atoms with Gasteiger partial charge in [-0.05, 0) is 53.4 Å². The first kappa shape index (κ1) is 16.3. The number of carbonyl (C=O) groups is 1. The summed E-state index contributed by atoms with van der Waals surface area (Å²) in [7, 11) is 1.81. The third-order valence-corrected chi connectivity index (χ3v) is 4.89. The topological polar surface area (TPSA) is 20.3 Å². The SMILES string of the molecule is CC(c1ccc(Cl)cc1Cl)N(C)C(=O)CCc1ccsc1. The molecule has 1 amide bonds. The molecule has 0 spiro atoms. The minimum absolute atomic E-state index is 0.0789. The zero-order valence-corrected chi connectivity index (χ0v) is 14.3. The second kappa shape index (κ2) is 7.30. The van der Waals surface area contributed by atoms with Gasteiger partial charge < -0.3 is 4.90 Å². The first-order chi connectivity index (χ1) is 9.99. The van der Waals surface area contributed by atoms with Crippen molar-refractivity contribution in [3.8, 4) is 0 Å². The molecule has 1 atom stereocenters. The zero-order valence-electron chi connectivity index (χ0n) is 12.0. The summed E-state index contributed by atoms with van der Waals surface area (Å²) >= 11 is 13.8. The van der Waals surface area contributed by atoms with Crippen LogP contribution in [0.2, 0.25) is 10.0 Å². The highest BCUT2D eigenvalue weighted by molar-refractivity contribution is 7.07. The molecule has 0 aliphatic rings. The van der Waals surface area contributed by atoms with Gasteiger partial charge in [-0.1, -0.05) is 29.3 Å². The molecule has 0 saturated heterocycles. The summed E-state index contributed by atoms with van der Waals surface area (Å²) in [5, 5.41) is 5.29. The predicted octanol–water partition coefficient (Wildman–Crippen LogP) is 5.21. The van der Waals surface area contributed by atoms with Crippen molar-refractivity contribution >= 4 is 40.4 Å². The molecule has 21 heavy (non-hydrogen) atoms. The van der Waals surface area contributed by atoms with Crippen molar-refractivity contribution in [3.63, 3.8) is 0 Å². The number of amides is 1. The fourth-order valence-electron chi connectivity index (χ4n) is 2.13. The summed E-state index contributed by atoms with van der Waals surface area (Å²) in [6, 6.07) is 7.35. The van der Waals surface area contributed by atoms with Crippen LogP contribution in [0.25, 0.3) is 0 Å². The molecule has 2 nitrogen and oxygen atoms in total. The molecule has 1 heterocycles. The Morgan fingerprint density at radius 3 is 2.71 bits per heavy atom. The lowest BCUT2D eigenvalue weighted by atomic mass is 10.1. The van der Waals surface area contributed by atoms with E-state index in [9.17, 15) is 4.79 Å². The van der Waals surface area contributed by atoms with E-state index in [0.717, 1.165) is 12.0 Å². The van der Waals surface area contributed by atoms with Gasteiger partial charge in [-0.3, -0.25) is 4.79 Å². The second-order valence-electron chi connectivity index (χ2n) is 4.98. The van der Waals surface area contributed by atoms with Crippen LogP contribution in [-0.4, -0.2) is 17.9 Å². The Labute approximate surface area is 139 Å². The highest BCUT2D eigenvalue weighted by Gasteiger charge is 2.19. The molecule has 1 aromatic carbocycles. The molecule has 0 radical (unpaired) electrons. The van der Waals surface area contributed by atoms with Crippen molar-refractivity contribution in [3.05, 3.63) is 56.2 Å². The van der Waals surface area contributed by atoms with Crippen LogP contribution in [0.3, 0.4) is 0 Å². The Morgan fingerprint density at radius 2 is 2.10 bits per heavy atom. The fourth-order valence-corrected chi connectivity index (χ4v) is 3.40. The number of benzene rings is 1. The standard InChI is InChI=1S/C16H17Cl2NOS/c1-11(14-5-4-13(17)9-15(14)18)19(2)16(20)6-3-12-7-8-21-10-12/h4-5,7-11H,3,6H2,1-2H3. The van der Waals surface area contributed by atoms with Crippen molar-refractivity contribution in [2.45, 2.75) is 25.8 Å². The maximum Gasteiger partial charge on any atom is 0.223 e. The molecular weight excluding hydrogens is 325 g/mol. The predicted molar refractivity (Wildman–Crippen MR) is 90.3 cm³/mol. The van der Waals surface area contributed by atoms with Gasteiger partial charge in [0.1, 0.15) is 0 Å². The summed E-state index contributed by atoms with van der Waals surface area (Å²) in [4.78, 5) is 14.0. The molecule has 0 fully saturated rings. The van der Waals surface area contributed by atoms with Gasteiger partial charge >= 0.3 is 0 Å². The Bertz CT molecular complexity index is 613. The van der Waals surface area contributed by atoms with E-state index in [4.69, 9.17) is 23.2 Å². The van der Waals surface area contributed by atoms with Crippen LogP contribution in [0.5, 0.6) is 0 Å². The van der Waals surface area contributed by atoms with Crippen molar-refractivity contribution in [2.75, 3.05) is 7.05 Å². The van der Waals surface area contributed by atoms with E-state index >= 15 is 0 Å². The molecule has 0 aliphatic heterocycles. The maximum atomic E-state index is 12.3. The number of hydrogen-bond acceptors (Lipinski definition) is 2. The van der Waals surface area contributed by atoms with Gasteiger partial charge in [-0.25, -0.2) is 0 Å². The van der Waals surface area contributed by atoms with Crippen LogP contribution in [0, 0.1) is 0 Å². The molecule has 0 N–H and O–H groups in total. The number of rotatable bonds is 5. The van der Waals surface area contributed by atoms with Gasteiger partial charge in [-0.2, -0.15) is 11.3 Å². The van der Waals surface area contributed by atoms with E-state index in [0.29, 0.717) is 16.5 Å². The lowest BCUT2D eigenvalue weighted by Gasteiger charge is -2.26. The first-order valence-electron chi connectivity index (χ1n) is 6.70. The average molecular weight is 342 g/mol. The van der Waals surface area contributed by atoms with Gasteiger partial charge in [-0.15, -0.1) is 0 Å². The Morgan fingerprint density at radius 1 is 1.33 bits per heavy atom. The van der Waals surface area contributed by atoms with Crippen molar-refractivity contribution in [2.24, 2.45) is 0 Å². The third-order valence-electron chi connectivity index (χ3n) is 3.59. The molecule has 0 bridgehead atoms. The van der Waals surface area contributed by atoms with Crippen molar-refractivity contribution in [1.82, 2.24) is 4.90 Å². The Kier molecular flexibility index (Phi) is 5.68. The van der Waals surface area contributed by atoms with E-state index in [1.54, 1.807) is 28.4 Å². The summed E-state index contributed by atoms with van der Waals surface area (Å²) in [5.74, 6) is 0.111. The summed E-state index contributed by atoms with van der Waals surface area (Å²) in [6.07, 6.45) is 1.27. The van der Waals surface area contributed by atoms with E-state index in [1.165, 1.54) is 5.56 Å². The number of carbonyl (C=O) groups excluding carboxylic acids is 1. The van der Waals surface area contributed by atoms with Gasteiger partial charge in [0.2, 0.25) is 5.91 Å². The van der Waals surface area contributed by atoms with Crippen molar-refractivity contribution < 1.29 is 4.79 Å². The average Bonchev–Trinajstić information content (AvgIpc) is 2.96. The molecule has 2 rings (SSSR count). The lowest BCUT2D eigenvalue weighted by Crippen LogP contribution is -2.30. The Balaban J connectivity index is 2.00. The number of hydrogen-bond donors (Lipinski definition) is 0. The lowest BCUT2D eigenvalue weighted by molar-refractivity contribution is -0.131. The van der Waals surface area contributed by atoms with E-state index < -0.39 is 0 Å². The number of halogens is 2.